The minimum absolute atomic E-state index is 0. The molecule has 0 unspecified atom stereocenters. The molecule has 0 aromatic heterocycles. The standard InChI is InChI=1S/CHO2.CH4O.Cu/c2-1-3;1-2;/h(H,2,3);2H,1H3;/q-1;;+1. The van der Waals surface area contributed by atoms with Crippen LogP contribution in [0.1, 0.15) is 0 Å². The maximum absolute atomic E-state index is 8.24. The molecule has 0 heterocycles. The molecule has 0 radical (unpaired) electrons. The topological polar surface area (TPSA) is 57.5 Å². The minimum atomic E-state index is 0. The molecule has 0 rings (SSSR count). The van der Waals surface area contributed by atoms with Gasteiger partial charge in [-0.1, -0.05) is 6.47 Å². The molecule has 0 saturated heterocycles. The van der Waals surface area contributed by atoms with E-state index in [-0.39, 0.29) is 17.1 Å². The van der Waals surface area contributed by atoms with Crippen molar-refractivity contribution in [3.05, 3.63) is 0 Å². The second kappa shape index (κ2) is 85.6. The van der Waals surface area contributed by atoms with E-state index in [1.807, 2.05) is 0 Å². The summed E-state index contributed by atoms with van der Waals surface area (Å²) in [5, 5.41) is 13.8. The first kappa shape index (κ1) is 16.8. The smallest absolute Gasteiger partial charge is 0.665 e. The molecule has 3 nitrogen and oxygen atoms in total. The molecule has 0 spiro atoms. The van der Waals surface area contributed by atoms with Gasteiger partial charge in [-0.2, -0.15) is 0 Å². The van der Waals surface area contributed by atoms with Crippen LogP contribution in [-0.4, -0.2) is 23.8 Å². The Morgan fingerprint density at radius 1 is 1.50 bits per heavy atom. The molecule has 0 aliphatic rings. The van der Waals surface area contributed by atoms with E-state index < -0.39 is 0 Å². The van der Waals surface area contributed by atoms with E-state index in [0.717, 1.165) is 7.11 Å². The summed E-state index contributed by atoms with van der Waals surface area (Å²) in [5.74, 6) is 0. The Hall–Kier alpha value is -0.0505. The quantitative estimate of drug-likeness (QED) is 0.343. The van der Waals surface area contributed by atoms with E-state index in [4.69, 9.17) is 15.0 Å². The van der Waals surface area contributed by atoms with Crippen LogP contribution >= 0.6 is 0 Å². The SMILES string of the molecule is CO.O=[C-]O.[Cu+]. The first-order valence-electron chi connectivity index (χ1n) is 0.875. The molecule has 2 N–H and O–H groups in total. The van der Waals surface area contributed by atoms with Crippen LogP contribution in [0.2, 0.25) is 0 Å². The van der Waals surface area contributed by atoms with Crippen molar-refractivity contribution in [3.63, 3.8) is 0 Å². The van der Waals surface area contributed by atoms with Gasteiger partial charge in [-0.3, -0.25) is 0 Å². The van der Waals surface area contributed by atoms with Gasteiger partial charge < -0.3 is 15.0 Å². The third kappa shape index (κ3) is 13500. The zero-order chi connectivity index (χ0) is 4.71. The van der Waals surface area contributed by atoms with Crippen LogP contribution in [-0.2, 0) is 21.9 Å². The monoisotopic (exact) mass is 140 g/mol. The fourth-order valence-electron chi connectivity index (χ4n) is 0. The summed E-state index contributed by atoms with van der Waals surface area (Å²) in [6.45, 7) is 0.500. The second-order valence-corrected chi connectivity index (χ2v) is 0.0913. The van der Waals surface area contributed by atoms with Gasteiger partial charge in [-0.15, -0.1) is 0 Å². The number of hydrogen-bond acceptors (Lipinski definition) is 2. The van der Waals surface area contributed by atoms with E-state index >= 15 is 0 Å². The Labute approximate surface area is 46.5 Å². The molecule has 0 aromatic rings. The van der Waals surface area contributed by atoms with Gasteiger partial charge in [0, 0.05) is 7.11 Å². The van der Waals surface area contributed by atoms with Gasteiger partial charge in [0.1, 0.15) is 0 Å². The third-order valence-electron chi connectivity index (χ3n) is 0. The van der Waals surface area contributed by atoms with Crippen LogP contribution in [0, 0.1) is 0 Å². The van der Waals surface area contributed by atoms with Crippen molar-refractivity contribution in [2.45, 2.75) is 0 Å². The van der Waals surface area contributed by atoms with Crippen LogP contribution in [0.15, 0.2) is 0 Å². The number of aliphatic hydroxyl groups excluding tert-OH is 2. The van der Waals surface area contributed by atoms with Gasteiger partial charge in [0.25, 0.3) is 0 Å². The fourth-order valence-corrected chi connectivity index (χ4v) is 0. The summed E-state index contributed by atoms with van der Waals surface area (Å²) >= 11 is 0. The molecular formula is C2H5CuO3. The predicted molar refractivity (Wildman–Crippen MR) is 16.5 cm³/mol. The maximum atomic E-state index is 8.24. The van der Waals surface area contributed by atoms with Crippen LogP contribution in [0.4, 0.5) is 0 Å². The molecule has 0 fully saturated rings. The van der Waals surface area contributed by atoms with Gasteiger partial charge in [0.05, 0.1) is 0 Å². The average molecular weight is 141 g/mol. The molecule has 0 aliphatic heterocycles. The molecule has 4 heteroatoms. The van der Waals surface area contributed by atoms with Crippen molar-refractivity contribution in [1.29, 1.82) is 0 Å². The first-order chi connectivity index (χ1) is 2.41. The summed E-state index contributed by atoms with van der Waals surface area (Å²) in [6.07, 6.45) is 0. The van der Waals surface area contributed by atoms with Crippen molar-refractivity contribution in [3.8, 4) is 0 Å². The Bertz CT molecular complexity index is 16.3. The van der Waals surface area contributed by atoms with Crippen LogP contribution in [0.25, 0.3) is 0 Å². The number of hydrogen-bond donors (Lipinski definition) is 2. The second-order valence-electron chi connectivity index (χ2n) is 0.0913. The van der Waals surface area contributed by atoms with Gasteiger partial charge in [-0.25, -0.2) is 0 Å². The maximum Gasteiger partial charge on any atom is 1.00 e. The predicted octanol–water partition coefficient (Wildman–Crippen LogP) is -0.782. The molecular weight excluding hydrogens is 136 g/mol. The molecule has 6 heavy (non-hydrogen) atoms. The van der Waals surface area contributed by atoms with Crippen LogP contribution in [0.3, 0.4) is 0 Å². The molecule has 42 valence electrons. The molecule has 0 saturated carbocycles. The van der Waals surface area contributed by atoms with Crippen molar-refractivity contribution >= 4 is 6.47 Å². The van der Waals surface area contributed by atoms with Crippen molar-refractivity contribution in [1.82, 2.24) is 0 Å². The number of aliphatic hydroxyl groups is 1. The van der Waals surface area contributed by atoms with Crippen molar-refractivity contribution in [2.75, 3.05) is 7.11 Å². The summed E-state index contributed by atoms with van der Waals surface area (Å²) in [7, 11) is 1.00. The molecule has 0 bridgehead atoms. The third-order valence-corrected chi connectivity index (χ3v) is 0. The normalized spacial score (nSPS) is 3.00. The summed E-state index contributed by atoms with van der Waals surface area (Å²) in [5.41, 5.74) is 0. The molecule has 0 atom stereocenters. The van der Waals surface area contributed by atoms with Gasteiger partial charge >= 0.3 is 17.1 Å². The summed E-state index contributed by atoms with van der Waals surface area (Å²) in [4.78, 5) is 8.24. The Balaban J connectivity index is -0.0000000275. The Morgan fingerprint density at radius 2 is 1.50 bits per heavy atom. The largest absolute Gasteiger partial charge is 1.00 e. The zero-order valence-electron chi connectivity index (χ0n) is 3.10. The Morgan fingerprint density at radius 3 is 1.50 bits per heavy atom. The van der Waals surface area contributed by atoms with Gasteiger partial charge in [0.2, 0.25) is 0 Å². The zero-order valence-corrected chi connectivity index (χ0v) is 4.05. The van der Waals surface area contributed by atoms with E-state index in [1.54, 1.807) is 0 Å². The summed E-state index contributed by atoms with van der Waals surface area (Å²) < 4.78 is 0. The number of rotatable bonds is 0. The Kier molecular flexibility index (Phi) is 239. The molecule has 0 aromatic carbocycles. The summed E-state index contributed by atoms with van der Waals surface area (Å²) in [6, 6.07) is 0. The molecule has 0 aliphatic carbocycles. The van der Waals surface area contributed by atoms with Crippen LogP contribution in [0.5, 0.6) is 0 Å². The van der Waals surface area contributed by atoms with E-state index in [1.165, 1.54) is 0 Å². The van der Waals surface area contributed by atoms with E-state index in [0.29, 0.717) is 6.47 Å². The van der Waals surface area contributed by atoms with Gasteiger partial charge in [-0.05, 0) is 0 Å². The minimum Gasteiger partial charge on any atom is -0.665 e. The molecule has 0 amide bonds. The first-order valence-corrected chi connectivity index (χ1v) is 0.875. The average Bonchev–Trinajstić information content (AvgIpc) is 1.46. The van der Waals surface area contributed by atoms with Crippen molar-refractivity contribution in [2.24, 2.45) is 0 Å². The fraction of sp³-hybridized carbons (Fsp3) is 0.500. The van der Waals surface area contributed by atoms with Crippen molar-refractivity contribution < 1.29 is 32.1 Å². The van der Waals surface area contributed by atoms with E-state index in [9.17, 15) is 0 Å². The van der Waals surface area contributed by atoms with Gasteiger partial charge in [0.15, 0.2) is 0 Å². The van der Waals surface area contributed by atoms with Crippen LogP contribution < -0.4 is 0 Å². The van der Waals surface area contributed by atoms with E-state index in [2.05, 4.69) is 0 Å².